The number of alkyl halides is 1. The maximum absolute atomic E-state index is 5.81. The van der Waals surface area contributed by atoms with E-state index in [0.717, 1.165) is 11.0 Å². The van der Waals surface area contributed by atoms with Gasteiger partial charge in [-0.15, -0.1) is 11.6 Å². The maximum Gasteiger partial charge on any atom is 0.0400 e. The first-order valence-electron chi connectivity index (χ1n) is 4.59. The van der Waals surface area contributed by atoms with E-state index in [1.54, 1.807) is 0 Å². The van der Waals surface area contributed by atoms with Crippen LogP contribution in [0.5, 0.6) is 0 Å². The molecule has 0 amide bonds. The van der Waals surface area contributed by atoms with Gasteiger partial charge in [-0.3, -0.25) is 0 Å². The molecule has 0 aliphatic rings. The van der Waals surface area contributed by atoms with Crippen molar-refractivity contribution >= 4 is 27.5 Å². The number of rotatable bonds is 4. The maximum atomic E-state index is 5.81. The predicted octanol–water partition coefficient (Wildman–Crippen LogP) is 3.56. The fourth-order valence-corrected chi connectivity index (χ4v) is 1.35. The third-order valence-electron chi connectivity index (χ3n) is 2.02. The summed E-state index contributed by atoms with van der Waals surface area (Å²) in [5.74, 6) is 0.615. The van der Waals surface area contributed by atoms with Crippen molar-refractivity contribution < 1.29 is 0 Å². The first-order chi connectivity index (χ1) is 6.53. The van der Waals surface area contributed by atoms with E-state index in [1.165, 1.54) is 5.56 Å². The van der Waals surface area contributed by atoms with E-state index in [-0.39, 0.29) is 5.54 Å². The predicted molar refractivity (Wildman–Crippen MR) is 65.8 cm³/mol. The standard InChI is InChI=1S/C11H15BrClN/c1-11(2,8-13)14-7-9-3-5-10(12)6-4-9/h3-6,14H,7-8H2,1-2H3. The molecule has 3 heteroatoms. The zero-order valence-corrected chi connectivity index (χ0v) is 10.8. The van der Waals surface area contributed by atoms with Crippen LogP contribution in [-0.4, -0.2) is 11.4 Å². The summed E-state index contributed by atoms with van der Waals surface area (Å²) in [7, 11) is 0. The van der Waals surface area contributed by atoms with Crippen molar-refractivity contribution in [2.75, 3.05) is 5.88 Å². The Morgan fingerprint density at radius 1 is 1.29 bits per heavy atom. The van der Waals surface area contributed by atoms with Crippen LogP contribution in [0.1, 0.15) is 19.4 Å². The lowest BCUT2D eigenvalue weighted by Gasteiger charge is -2.23. The number of nitrogens with one attached hydrogen (secondary N) is 1. The fraction of sp³-hybridized carbons (Fsp3) is 0.455. The minimum atomic E-state index is -0.00533. The summed E-state index contributed by atoms with van der Waals surface area (Å²) in [4.78, 5) is 0. The Kier molecular flexibility index (Phi) is 4.42. The second-order valence-corrected chi connectivity index (χ2v) is 5.18. The summed E-state index contributed by atoms with van der Waals surface area (Å²) in [6.07, 6.45) is 0. The zero-order chi connectivity index (χ0) is 10.6. The molecule has 1 aromatic rings. The molecule has 0 heterocycles. The molecule has 0 radical (unpaired) electrons. The summed E-state index contributed by atoms with van der Waals surface area (Å²) in [5.41, 5.74) is 1.26. The molecule has 0 unspecified atom stereocenters. The van der Waals surface area contributed by atoms with Crippen LogP contribution in [0.4, 0.5) is 0 Å². The molecular weight excluding hydrogens is 261 g/mol. The van der Waals surface area contributed by atoms with Crippen LogP contribution in [0.2, 0.25) is 0 Å². The normalized spacial score (nSPS) is 11.7. The molecular formula is C11H15BrClN. The molecule has 78 valence electrons. The fourth-order valence-electron chi connectivity index (χ4n) is 0.991. The lowest BCUT2D eigenvalue weighted by atomic mass is 10.1. The first kappa shape index (κ1) is 12.0. The molecule has 0 saturated heterocycles. The topological polar surface area (TPSA) is 12.0 Å². The highest BCUT2D eigenvalue weighted by molar-refractivity contribution is 9.10. The molecule has 0 aliphatic heterocycles. The Morgan fingerprint density at radius 3 is 2.36 bits per heavy atom. The van der Waals surface area contributed by atoms with E-state index < -0.39 is 0 Å². The van der Waals surface area contributed by atoms with Crippen molar-refractivity contribution in [1.82, 2.24) is 5.32 Å². The van der Waals surface area contributed by atoms with Gasteiger partial charge in [0, 0.05) is 22.4 Å². The van der Waals surface area contributed by atoms with E-state index in [4.69, 9.17) is 11.6 Å². The number of hydrogen-bond donors (Lipinski definition) is 1. The zero-order valence-electron chi connectivity index (χ0n) is 8.48. The van der Waals surface area contributed by atoms with Gasteiger partial charge in [0.05, 0.1) is 0 Å². The third kappa shape index (κ3) is 3.99. The van der Waals surface area contributed by atoms with Crippen molar-refractivity contribution in [3.05, 3.63) is 34.3 Å². The van der Waals surface area contributed by atoms with Crippen molar-refractivity contribution in [3.8, 4) is 0 Å². The average Bonchev–Trinajstić information content (AvgIpc) is 2.17. The Morgan fingerprint density at radius 2 is 1.86 bits per heavy atom. The molecule has 0 aliphatic carbocycles. The summed E-state index contributed by atoms with van der Waals surface area (Å²) in [5, 5.41) is 3.40. The van der Waals surface area contributed by atoms with Gasteiger partial charge in [0.1, 0.15) is 0 Å². The van der Waals surface area contributed by atoms with E-state index >= 15 is 0 Å². The molecule has 0 aromatic heterocycles. The minimum absolute atomic E-state index is 0.00533. The summed E-state index contributed by atoms with van der Waals surface area (Å²) in [6.45, 7) is 5.05. The SMILES string of the molecule is CC(C)(CCl)NCc1ccc(Br)cc1. The average molecular weight is 277 g/mol. The van der Waals surface area contributed by atoms with E-state index in [9.17, 15) is 0 Å². The van der Waals surface area contributed by atoms with Crippen LogP contribution in [0.25, 0.3) is 0 Å². The molecule has 1 aromatic carbocycles. The molecule has 1 N–H and O–H groups in total. The van der Waals surface area contributed by atoms with E-state index in [1.807, 2.05) is 12.1 Å². The summed E-state index contributed by atoms with van der Waals surface area (Å²) < 4.78 is 1.11. The van der Waals surface area contributed by atoms with Gasteiger partial charge in [0.2, 0.25) is 0 Å². The largest absolute Gasteiger partial charge is 0.307 e. The second kappa shape index (κ2) is 5.15. The highest BCUT2D eigenvalue weighted by atomic mass is 79.9. The molecule has 0 saturated carbocycles. The number of hydrogen-bond acceptors (Lipinski definition) is 1. The van der Waals surface area contributed by atoms with E-state index in [0.29, 0.717) is 5.88 Å². The Balaban J connectivity index is 2.50. The quantitative estimate of drug-likeness (QED) is 0.829. The molecule has 1 rings (SSSR count). The Labute approximate surface area is 99.0 Å². The number of benzene rings is 1. The molecule has 0 bridgehead atoms. The highest BCUT2D eigenvalue weighted by Crippen LogP contribution is 2.12. The molecule has 0 atom stereocenters. The van der Waals surface area contributed by atoms with Crippen LogP contribution in [0.15, 0.2) is 28.7 Å². The van der Waals surface area contributed by atoms with Gasteiger partial charge < -0.3 is 5.32 Å². The van der Waals surface area contributed by atoms with Gasteiger partial charge in [0.15, 0.2) is 0 Å². The van der Waals surface area contributed by atoms with Crippen LogP contribution < -0.4 is 5.32 Å². The minimum Gasteiger partial charge on any atom is -0.307 e. The van der Waals surface area contributed by atoms with Crippen LogP contribution >= 0.6 is 27.5 Å². The smallest absolute Gasteiger partial charge is 0.0400 e. The van der Waals surface area contributed by atoms with Crippen LogP contribution in [0, 0.1) is 0 Å². The van der Waals surface area contributed by atoms with Gasteiger partial charge in [-0.05, 0) is 31.5 Å². The van der Waals surface area contributed by atoms with Gasteiger partial charge >= 0.3 is 0 Å². The van der Waals surface area contributed by atoms with Gasteiger partial charge in [-0.1, -0.05) is 28.1 Å². The highest BCUT2D eigenvalue weighted by Gasteiger charge is 2.14. The van der Waals surface area contributed by atoms with Crippen molar-refractivity contribution in [2.45, 2.75) is 25.9 Å². The molecule has 0 fully saturated rings. The second-order valence-electron chi connectivity index (χ2n) is 4.00. The summed E-state index contributed by atoms with van der Waals surface area (Å²) >= 11 is 9.22. The van der Waals surface area contributed by atoms with Gasteiger partial charge in [-0.2, -0.15) is 0 Å². The lowest BCUT2D eigenvalue weighted by molar-refractivity contribution is 0.429. The molecule has 0 spiro atoms. The summed E-state index contributed by atoms with van der Waals surface area (Å²) in [6, 6.07) is 8.29. The van der Waals surface area contributed by atoms with Crippen molar-refractivity contribution in [2.24, 2.45) is 0 Å². The third-order valence-corrected chi connectivity index (χ3v) is 3.22. The van der Waals surface area contributed by atoms with Crippen molar-refractivity contribution in [1.29, 1.82) is 0 Å². The number of halogens is 2. The first-order valence-corrected chi connectivity index (χ1v) is 5.92. The van der Waals surface area contributed by atoms with Crippen LogP contribution in [0.3, 0.4) is 0 Å². The van der Waals surface area contributed by atoms with E-state index in [2.05, 4.69) is 47.2 Å². The van der Waals surface area contributed by atoms with Gasteiger partial charge in [0.25, 0.3) is 0 Å². The Bertz CT molecular complexity index is 282. The molecule has 1 nitrogen and oxygen atoms in total. The molecule has 14 heavy (non-hydrogen) atoms. The van der Waals surface area contributed by atoms with Crippen molar-refractivity contribution in [3.63, 3.8) is 0 Å². The van der Waals surface area contributed by atoms with Gasteiger partial charge in [-0.25, -0.2) is 0 Å². The Hall–Kier alpha value is -0.0500. The van der Waals surface area contributed by atoms with Crippen LogP contribution in [-0.2, 0) is 6.54 Å². The lowest BCUT2D eigenvalue weighted by Crippen LogP contribution is -2.40. The monoisotopic (exact) mass is 275 g/mol.